The van der Waals surface area contributed by atoms with Crippen LogP contribution in [0.4, 0.5) is 0 Å². The Labute approximate surface area is 72.7 Å². The number of carbonyl (C=O) groups is 1. The van der Waals surface area contributed by atoms with Crippen molar-refractivity contribution in [2.24, 2.45) is 0 Å². The molecule has 68 valence electrons. The summed E-state index contributed by atoms with van der Waals surface area (Å²) >= 11 is 0. The Morgan fingerprint density at radius 2 is 2.25 bits per heavy atom. The second kappa shape index (κ2) is 5.55. The Morgan fingerprint density at radius 1 is 1.67 bits per heavy atom. The molecule has 0 aliphatic rings. The van der Waals surface area contributed by atoms with E-state index in [0.29, 0.717) is 12.2 Å². The third-order valence-corrected chi connectivity index (χ3v) is 1.40. The third-order valence-electron chi connectivity index (χ3n) is 1.40. The predicted octanol–water partition coefficient (Wildman–Crippen LogP) is 1.31. The maximum absolute atomic E-state index is 10.9. The van der Waals surface area contributed by atoms with E-state index in [2.05, 4.69) is 17.9 Å². The lowest BCUT2D eigenvalue weighted by atomic mass is 10.2. The Bertz CT molecular complexity index is 184. The molecule has 0 spiro atoms. The highest BCUT2D eigenvalue weighted by atomic mass is 16.5. The van der Waals surface area contributed by atoms with Gasteiger partial charge in [-0.25, -0.2) is 4.79 Å². The van der Waals surface area contributed by atoms with Gasteiger partial charge < -0.3 is 9.47 Å². The standard InChI is InChI=1S/C9H14O3/c1-5-6-12-8(3)7(2)9(10)11-4/h5,8H,1-2,6H2,3-4H3. The van der Waals surface area contributed by atoms with Crippen molar-refractivity contribution in [1.29, 1.82) is 0 Å². The quantitative estimate of drug-likeness (QED) is 0.354. The van der Waals surface area contributed by atoms with Crippen LogP contribution in [0.3, 0.4) is 0 Å². The lowest BCUT2D eigenvalue weighted by Gasteiger charge is -2.12. The van der Waals surface area contributed by atoms with Crippen molar-refractivity contribution in [3.8, 4) is 0 Å². The number of carbonyl (C=O) groups excluding carboxylic acids is 1. The van der Waals surface area contributed by atoms with Gasteiger partial charge in [0.2, 0.25) is 0 Å². The molecule has 0 aromatic heterocycles. The Balaban J connectivity index is 3.92. The summed E-state index contributed by atoms with van der Waals surface area (Å²) in [7, 11) is 1.31. The molecule has 0 aliphatic heterocycles. The van der Waals surface area contributed by atoms with Gasteiger partial charge in [0.15, 0.2) is 0 Å². The highest BCUT2D eigenvalue weighted by Gasteiger charge is 2.14. The molecule has 0 bridgehead atoms. The fourth-order valence-corrected chi connectivity index (χ4v) is 0.610. The van der Waals surface area contributed by atoms with Crippen molar-refractivity contribution in [2.75, 3.05) is 13.7 Å². The summed E-state index contributed by atoms with van der Waals surface area (Å²) in [5.74, 6) is -0.438. The molecule has 0 radical (unpaired) electrons. The molecule has 0 saturated heterocycles. The second-order valence-electron chi connectivity index (χ2n) is 2.28. The molecule has 0 aliphatic carbocycles. The first-order valence-corrected chi connectivity index (χ1v) is 3.63. The van der Waals surface area contributed by atoms with Crippen molar-refractivity contribution < 1.29 is 14.3 Å². The van der Waals surface area contributed by atoms with Crippen molar-refractivity contribution >= 4 is 5.97 Å². The van der Waals surface area contributed by atoms with Crippen molar-refractivity contribution in [3.63, 3.8) is 0 Å². The van der Waals surface area contributed by atoms with Crippen molar-refractivity contribution in [1.82, 2.24) is 0 Å². The summed E-state index contributed by atoms with van der Waals surface area (Å²) in [6.45, 7) is 9.17. The highest BCUT2D eigenvalue weighted by molar-refractivity contribution is 5.88. The van der Waals surface area contributed by atoms with E-state index in [1.165, 1.54) is 7.11 Å². The number of ether oxygens (including phenoxy) is 2. The normalized spacial score (nSPS) is 11.8. The zero-order chi connectivity index (χ0) is 9.56. The maximum Gasteiger partial charge on any atom is 0.335 e. The average molecular weight is 170 g/mol. The topological polar surface area (TPSA) is 35.5 Å². The third kappa shape index (κ3) is 3.34. The first-order chi connectivity index (χ1) is 5.63. The van der Waals surface area contributed by atoms with E-state index in [0.717, 1.165) is 0 Å². The van der Waals surface area contributed by atoms with Crippen LogP contribution in [0.15, 0.2) is 24.8 Å². The van der Waals surface area contributed by atoms with Gasteiger partial charge in [0.05, 0.1) is 25.4 Å². The van der Waals surface area contributed by atoms with Crippen LogP contribution < -0.4 is 0 Å². The number of hydrogen-bond donors (Lipinski definition) is 0. The monoisotopic (exact) mass is 170 g/mol. The van der Waals surface area contributed by atoms with Crippen LogP contribution >= 0.6 is 0 Å². The molecule has 3 heteroatoms. The largest absolute Gasteiger partial charge is 0.466 e. The molecular weight excluding hydrogens is 156 g/mol. The van der Waals surface area contributed by atoms with Crippen LogP contribution in [0.25, 0.3) is 0 Å². The molecule has 3 nitrogen and oxygen atoms in total. The highest BCUT2D eigenvalue weighted by Crippen LogP contribution is 2.05. The van der Waals surface area contributed by atoms with Gasteiger partial charge in [-0.2, -0.15) is 0 Å². The molecule has 12 heavy (non-hydrogen) atoms. The SMILES string of the molecule is C=CCOC(C)C(=C)C(=O)OC. The van der Waals surface area contributed by atoms with Gasteiger partial charge in [-0.15, -0.1) is 6.58 Å². The number of hydrogen-bond acceptors (Lipinski definition) is 3. The van der Waals surface area contributed by atoms with E-state index >= 15 is 0 Å². The predicted molar refractivity (Wildman–Crippen MR) is 46.8 cm³/mol. The van der Waals surface area contributed by atoms with Gasteiger partial charge in [0.1, 0.15) is 0 Å². The van der Waals surface area contributed by atoms with Crippen LogP contribution in [0, 0.1) is 0 Å². The van der Waals surface area contributed by atoms with E-state index in [9.17, 15) is 4.79 Å². The summed E-state index contributed by atoms with van der Waals surface area (Å²) in [4.78, 5) is 10.9. The lowest BCUT2D eigenvalue weighted by Crippen LogP contribution is -2.18. The van der Waals surface area contributed by atoms with Gasteiger partial charge in [0, 0.05) is 0 Å². The zero-order valence-corrected chi connectivity index (χ0v) is 7.50. The molecule has 0 saturated carbocycles. The summed E-state index contributed by atoms with van der Waals surface area (Å²) < 4.78 is 9.63. The molecular formula is C9H14O3. The molecule has 0 N–H and O–H groups in total. The fourth-order valence-electron chi connectivity index (χ4n) is 0.610. The molecule has 0 heterocycles. The molecule has 0 fully saturated rings. The Hall–Kier alpha value is -1.09. The Morgan fingerprint density at radius 3 is 2.67 bits per heavy atom. The van der Waals surface area contributed by atoms with Crippen LogP contribution in [0.2, 0.25) is 0 Å². The number of esters is 1. The fraction of sp³-hybridized carbons (Fsp3) is 0.444. The summed E-state index contributed by atoms with van der Waals surface area (Å²) in [5.41, 5.74) is 0.319. The molecule has 0 aromatic rings. The number of rotatable bonds is 5. The summed E-state index contributed by atoms with van der Waals surface area (Å²) in [6, 6.07) is 0. The van der Waals surface area contributed by atoms with Gasteiger partial charge in [-0.1, -0.05) is 12.7 Å². The van der Waals surface area contributed by atoms with E-state index < -0.39 is 5.97 Å². The van der Waals surface area contributed by atoms with E-state index in [4.69, 9.17) is 4.74 Å². The summed E-state index contributed by atoms with van der Waals surface area (Å²) in [6.07, 6.45) is 1.29. The van der Waals surface area contributed by atoms with Crippen LogP contribution in [-0.2, 0) is 14.3 Å². The first kappa shape index (κ1) is 10.9. The minimum absolute atomic E-state index is 0.319. The first-order valence-electron chi connectivity index (χ1n) is 3.63. The van der Waals surface area contributed by atoms with Crippen LogP contribution in [-0.4, -0.2) is 25.8 Å². The van der Waals surface area contributed by atoms with E-state index in [1.807, 2.05) is 0 Å². The molecule has 0 aromatic carbocycles. The molecule has 1 atom stereocenters. The summed E-state index contributed by atoms with van der Waals surface area (Å²) in [5, 5.41) is 0. The van der Waals surface area contributed by atoms with Gasteiger partial charge in [-0.3, -0.25) is 0 Å². The van der Waals surface area contributed by atoms with Crippen molar-refractivity contribution in [2.45, 2.75) is 13.0 Å². The Kier molecular flexibility index (Phi) is 5.04. The lowest BCUT2D eigenvalue weighted by molar-refractivity contribution is -0.137. The van der Waals surface area contributed by atoms with Gasteiger partial charge >= 0.3 is 5.97 Å². The molecule has 0 rings (SSSR count). The molecule has 1 unspecified atom stereocenters. The number of methoxy groups -OCH3 is 1. The zero-order valence-electron chi connectivity index (χ0n) is 7.50. The smallest absolute Gasteiger partial charge is 0.335 e. The molecule has 0 amide bonds. The van der Waals surface area contributed by atoms with Crippen molar-refractivity contribution in [3.05, 3.63) is 24.8 Å². The van der Waals surface area contributed by atoms with E-state index in [-0.39, 0.29) is 6.10 Å². The van der Waals surface area contributed by atoms with Crippen LogP contribution in [0.5, 0.6) is 0 Å². The van der Waals surface area contributed by atoms with Gasteiger partial charge in [0.25, 0.3) is 0 Å². The second-order valence-corrected chi connectivity index (χ2v) is 2.28. The van der Waals surface area contributed by atoms with Gasteiger partial charge in [-0.05, 0) is 6.92 Å². The van der Waals surface area contributed by atoms with E-state index in [1.54, 1.807) is 13.0 Å². The minimum atomic E-state index is -0.438. The van der Waals surface area contributed by atoms with Crippen LogP contribution in [0.1, 0.15) is 6.92 Å². The minimum Gasteiger partial charge on any atom is -0.466 e. The maximum atomic E-state index is 10.9. The average Bonchev–Trinajstić information content (AvgIpc) is 2.11.